The van der Waals surface area contributed by atoms with Crippen LogP contribution in [0.15, 0.2) is 22.5 Å². The van der Waals surface area contributed by atoms with E-state index < -0.39 is 16.9 Å². The molecular weight excluding hydrogens is 416 g/mol. The van der Waals surface area contributed by atoms with Crippen molar-refractivity contribution in [2.24, 2.45) is 33.5 Å². The fourth-order valence-corrected chi connectivity index (χ4v) is 8.62. The third kappa shape index (κ3) is 3.20. The number of aliphatic hydroxyl groups is 2. The zero-order chi connectivity index (χ0) is 24.6. The van der Waals surface area contributed by atoms with Crippen LogP contribution >= 0.6 is 0 Å². The molecule has 4 aliphatic rings. The van der Waals surface area contributed by atoms with E-state index in [1.54, 1.807) is 0 Å². The van der Waals surface area contributed by atoms with Gasteiger partial charge in [0.2, 0.25) is 0 Å². The first kappa shape index (κ1) is 24.5. The summed E-state index contributed by atoms with van der Waals surface area (Å²) in [7, 11) is 1.43. The molecule has 33 heavy (non-hydrogen) atoms. The lowest BCUT2D eigenvalue weighted by molar-refractivity contribution is -0.141. The van der Waals surface area contributed by atoms with Gasteiger partial charge < -0.3 is 14.9 Å². The third-order valence-corrected chi connectivity index (χ3v) is 10.7. The molecule has 0 saturated heterocycles. The van der Waals surface area contributed by atoms with Crippen LogP contribution in [0.1, 0.15) is 92.9 Å². The molecule has 0 radical (unpaired) electrons. The van der Waals surface area contributed by atoms with E-state index in [-0.39, 0.29) is 22.6 Å². The lowest BCUT2D eigenvalue weighted by Gasteiger charge is -2.58. The topological polar surface area (TPSA) is 83.8 Å². The fourth-order valence-electron chi connectivity index (χ4n) is 8.62. The quantitative estimate of drug-likeness (QED) is 0.530. The number of ether oxygens (including phenoxy) is 1. The Hall–Kier alpha value is -1.62. The number of hydrogen-bond donors (Lipinski definition) is 2. The lowest BCUT2D eigenvalue weighted by atomic mass is 9.45. The molecule has 0 aromatic carbocycles. The van der Waals surface area contributed by atoms with Crippen molar-refractivity contribution >= 4 is 11.8 Å². The summed E-state index contributed by atoms with van der Waals surface area (Å²) in [6, 6.07) is 0. The normalized spacial score (nSPS) is 40.8. The number of methoxy groups -OCH3 is 1. The van der Waals surface area contributed by atoms with Crippen molar-refractivity contribution in [3.05, 3.63) is 22.5 Å². The van der Waals surface area contributed by atoms with Gasteiger partial charge in [-0.2, -0.15) is 0 Å². The number of aliphatic hydroxyl groups excluding tert-OH is 2. The van der Waals surface area contributed by atoms with Gasteiger partial charge in [-0.15, -0.1) is 0 Å². The molecule has 4 aliphatic carbocycles. The van der Waals surface area contributed by atoms with Crippen molar-refractivity contribution in [3.63, 3.8) is 0 Å². The largest absolute Gasteiger partial charge is 0.512 e. The first-order valence-corrected chi connectivity index (χ1v) is 12.7. The first-order chi connectivity index (χ1) is 15.2. The SMILES string of the molecule is COC(=O)CC[C@H](C)[C@@H]1CC[C@]2(C)C3=C(C(=O)C[C@]12C)[C@]1(C)CC[C@@H](O)C(C)(C)C1=C(O)C3. The molecule has 0 aliphatic heterocycles. The van der Waals surface area contributed by atoms with Gasteiger partial charge in [-0.1, -0.05) is 41.5 Å². The molecule has 0 aromatic rings. The molecule has 5 nitrogen and oxygen atoms in total. The monoisotopic (exact) mass is 458 g/mol. The van der Waals surface area contributed by atoms with Crippen LogP contribution in [0, 0.1) is 33.5 Å². The highest BCUT2D eigenvalue weighted by atomic mass is 16.5. The van der Waals surface area contributed by atoms with Crippen LogP contribution in [-0.2, 0) is 14.3 Å². The Morgan fingerprint density at radius 1 is 1.15 bits per heavy atom. The Morgan fingerprint density at radius 3 is 2.45 bits per heavy atom. The maximum Gasteiger partial charge on any atom is 0.305 e. The number of carbonyl (C=O) groups is 2. The van der Waals surface area contributed by atoms with Gasteiger partial charge in [0.25, 0.3) is 0 Å². The Balaban J connectivity index is 1.75. The van der Waals surface area contributed by atoms with Crippen LogP contribution < -0.4 is 0 Å². The van der Waals surface area contributed by atoms with Crippen molar-refractivity contribution < 1.29 is 24.5 Å². The van der Waals surface area contributed by atoms with E-state index >= 15 is 0 Å². The number of ketones is 1. The van der Waals surface area contributed by atoms with Crippen LogP contribution in [-0.4, -0.2) is 35.2 Å². The number of esters is 1. The molecule has 5 heteroatoms. The maximum atomic E-state index is 14.0. The predicted molar refractivity (Wildman–Crippen MR) is 127 cm³/mol. The van der Waals surface area contributed by atoms with Gasteiger partial charge in [-0.05, 0) is 65.9 Å². The van der Waals surface area contributed by atoms with E-state index in [0.29, 0.717) is 49.7 Å². The zero-order valence-electron chi connectivity index (χ0n) is 21.5. The number of Topliss-reactive ketones (excluding diaryl/α,β-unsaturated/α-hetero) is 1. The molecule has 0 unspecified atom stereocenters. The molecular formula is C28H42O5. The number of carbonyl (C=O) groups excluding carboxylic acids is 2. The summed E-state index contributed by atoms with van der Waals surface area (Å²) in [6.07, 6.45) is 4.92. The Bertz CT molecular complexity index is 942. The highest BCUT2D eigenvalue weighted by Crippen LogP contribution is 2.71. The maximum absolute atomic E-state index is 14.0. The van der Waals surface area contributed by atoms with Gasteiger partial charge in [0, 0.05) is 35.7 Å². The number of fused-ring (bicyclic) bond motifs is 4. The van der Waals surface area contributed by atoms with Crippen LogP contribution in [0.4, 0.5) is 0 Å². The summed E-state index contributed by atoms with van der Waals surface area (Å²) >= 11 is 0. The van der Waals surface area contributed by atoms with E-state index in [1.165, 1.54) is 7.11 Å². The van der Waals surface area contributed by atoms with Crippen molar-refractivity contribution in [3.8, 4) is 0 Å². The van der Waals surface area contributed by atoms with Gasteiger partial charge >= 0.3 is 5.97 Å². The number of allylic oxidation sites excluding steroid dienone is 2. The first-order valence-electron chi connectivity index (χ1n) is 12.7. The standard InChI is InChI=1S/C28H42O5/c1-16(8-9-22(32)33-7)17-10-13-27(5)18-14-19(29)24-25(2,3)21(31)11-12-26(24,4)23(18)20(30)15-28(17,27)6/h16-17,21,29,31H,8-15H2,1-7H3/t16-,17-,21+,26-,27+,28+/m0/s1. The fraction of sp³-hybridized carbons (Fsp3) is 0.786. The van der Waals surface area contributed by atoms with Gasteiger partial charge in [0.1, 0.15) is 0 Å². The molecule has 184 valence electrons. The molecule has 2 saturated carbocycles. The van der Waals surface area contributed by atoms with E-state index in [9.17, 15) is 19.8 Å². The van der Waals surface area contributed by atoms with E-state index in [4.69, 9.17) is 4.74 Å². The molecule has 4 rings (SSSR count). The van der Waals surface area contributed by atoms with E-state index in [2.05, 4.69) is 27.7 Å². The molecule has 0 spiro atoms. The Labute approximate surface area is 198 Å². The molecule has 0 aromatic heterocycles. The summed E-state index contributed by atoms with van der Waals surface area (Å²) < 4.78 is 4.85. The Morgan fingerprint density at radius 2 is 1.82 bits per heavy atom. The highest BCUT2D eigenvalue weighted by Gasteiger charge is 2.65. The minimum Gasteiger partial charge on any atom is -0.512 e. The van der Waals surface area contributed by atoms with E-state index in [0.717, 1.165) is 36.0 Å². The van der Waals surface area contributed by atoms with Crippen molar-refractivity contribution in [2.75, 3.05) is 7.11 Å². The molecule has 0 heterocycles. The van der Waals surface area contributed by atoms with Gasteiger partial charge in [-0.25, -0.2) is 0 Å². The predicted octanol–water partition coefficient (Wildman–Crippen LogP) is 5.67. The second kappa shape index (κ2) is 7.69. The van der Waals surface area contributed by atoms with Crippen molar-refractivity contribution in [1.82, 2.24) is 0 Å². The molecule has 6 atom stereocenters. The molecule has 0 amide bonds. The third-order valence-electron chi connectivity index (χ3n) is 10.7. The average Bonchev–Trinajstić information content (AvgIpc) is 3.00. The summed E-state index contributed by atoms with van der Waals surface area (Å²) in [4.78, 5) is 25.7. The minimum absolute atomic E-state index is 0.164. The van der Waals surface area contributed by atoms with Gasteiger partial charge in [0.15, 0.2) is 5.78 Å². The van der Waals surface area contributed by atoms with Crippen LogP contribution in [0.3, 0.4) is 0 Å². The number of hydrogen-bond acceptors (Lipinski definition) is 5. The van der Waals surface area contributed by atoms with Crippen molar-refractivity contribution in [1.29, 1.82) is 0 Å². The molecule has 2 fully saturated rings. The van der Waals surface area contributed by atoms with Crippen LogP contribution in [0.25, 0.3) is 0 Å². The summed E-state index contributed by atoms with van der Waals surface area (Å²) in [5.41, 5.74) is 1.50. The van der Waals surface area contributed by atoms with Crippen LogP contribution in [0.5, 0.6) is 0 Å². The lowest BCUT2D eigenvalue weighted by Crippen LogP contribution is -2.53. The second-order valence-corrected chi connectivity index (χ2v) is 12.5. The molecule has 2 N–H and O–H groups in total. The Kier molecular flexibility index (Phi) is 5.71. The minimum atomic E-state index is -0.557. The second-order valence-electron chi connectivity index (χ2n) is 12.5. The van der Waals surface area contributed by atoms with Crippen LogP contribution in [0.2, 0.25) is 0 Å². The summed E-state index contributed by atoms with van der Waals surface area (Å²) in [5.74, 6) is 1.06. The van der Waals surface area contributed by atoms with Gasteiger partial charge in [-0.3, -0.25) is 9.59 Å². The summed E-state index contributed by atoms with van der Waals surface area (Å²) in [6.45, 7) is 12.9. The summed E-state index contributed by atoms with van der Waals surface area (Å²) in [5, 5.41) is 22.1. The zero-order valence-corrected chi connectivity index (χ0v) is 21.5. The van der Waals surface area contributed by atoms with E-state index in [1.807, 2.05) is 13.8 Å². The molecule has 0 bridgehead atoms. The van der Waals surface area contributed by atoms with Crippen molar-refractivity contribution in [2.45, 2.75) is 99.0 Å². The average molecular weight is 459 g/mol. The highest BCUT2D eigenvalue weighted by molar-refractivity contribution is 6.00. The van der Waals surface area contributed by atoms with Gasteiger partial charge in [0.05, 0.1) is 19.0 Å². The number of rotatable bonds is 4. The smallest absolute Gasteiger partial charge is 0.305 e.